The van der Waals surface area contributed by atoms with Crippen LogP contribution in [-0.2, 0) is 0 Å². The first-order valence-electron chi connectivity index (χ1n) is 6.02. The van der Waals surface area contributed by atoms with Gasteiger partial charge in [-0.2, -0.15) is 9.97 Å². The van der Waals surface area contributed by atoms with E-state index in [1.807, 2.05) is 0 Å². The molecule has 0 saturated heterocycles. The van der Waals surface area contributed by atoms with Crippen molar-refractivity contribution in [1.82, 2.24) is 9.97 Å². The van der Waals surface area contributed by atoms with Crippen molar-refractivity contribution in [1.29, 1.82) is 0 Å². The Kier molecular flexibility index (Phi) is 5.59. The third-order valence-corrected chi connectivity index (χ3v) is 3.44. The van der Waals surface area contributed by atoms with E-state index in [0.717, 1.165) is 0 Å². The monoisotopic (exact) mass is 358 g/mol. The van der Waals surface area contributed by atoms with Gasteiger partial charge in [-0.05, 0) is 30.4 Å². The Morgan fingerprint density at radius 1 is 1.00 bits per heavy atom. The SMILES string of the molecule is COc1cc(OC)nc(NC(=S)Nc2ccc(Cl)c(Cl)c2)n1. The van der Waals surface area contributed by atoms with Crippen LogP contribution in [-0.4, -0.2) is 29.3 Å². The van der Waals surface area contributed by atoms with Gasteiger partial charge in [0.1, 0.15) is 0 Å². The molecule has 0 fully saturated rings. The van der Waals surface area contributed by atoms with Crippen molar-refractivity contribution >= 4 is 52.2 Å². The first kappa shape index (κ1) is 16.5. The fourth-order valence-electron chi connectivity index (χ4n) is 1.51. The fourth-order valence-corrected chi connectivity index (χ4v) is 2.01. The summed E-state index contributed by atoms with van der Waals surface area (Å²) in [5, 5.41) is 6.96. The van der Waals surface area contributed by atoms with Crippen LogP contribution in [0.4, 0.5) is 11.6 Å². The Hall–Kier alpha value is -1.83. The molecule has 0 unspecified atom stereocenters. The molecule has 2 N–H and O–H groups in total. The van der Waals surface area contributed by atoms with Gasteiger partial charge in [0.2, 0.25) is 17.7 Å². The van der Waals surface area contributed by atoms with Gasteiger partial charge >= 0.3 is 0 Å². The molecule has 0 atom stereocenters. The van der Waals surface area contributed by atoms with Crippen LogP contribution in [0.3, 0.4) is 0 Å². The maximum absolute atomic E-state index is 5.94. The number of hydrogen-bond donors (Lipinski definition) is 2. The van der Waals surface area contributed by atoms with E-state index < -0.39 is 0 Å². The standard InChI is InChI=1S/C13H12Cl2N4O2S/c1-20-10-6-11(21-2)18-12(17-10)19-13(22)16-7-3-4-8(14)9(15)5-7/h3-6H,1-2H3,(H2,16,17,18,19,22). The molecule has 116 valence electrons. The predicted molar refractivity (Wildman–Crippen MR) is 91.4 cm³/mol. The maximum atomic E-state index is 5.94. The third-order valence-electron chi connectivity index (χ3n) is 2.50. The first-order valence-corrected chi connectivity index (χ1v) is 7.18. The number of halogens is 2. The molecule has 0 amide bonds. The highest BCUT2D eigenvalue weighted by Crippen LogP contribution is 2.25. The molecule has 2 rings (SSSR count). The molecule has 0 spiro atoms. The number of rotatable bonds is 4. The number of hydrogen-bond acceptors (Lipinski definition) is 5. The summed E-state index contributed by atoms with van der Waals surface area (Å²) < 4.78 is 10.1. The summed E-state index contributed by atoms with van der Waals surface area (Å²) in [6.07, 6.45) is 0. The normalized spacial score (nSPS) is 10.0. The van der Waals surface area contributed by atoms with Gasteiger partial charge in [0.25, 0.3) is 0 Å². The van der Waals surface area contributed by atoms with Crippen LogP contribution in [0.15, 0.2) is 24.3 Å². The van der Waals surface area contributed by atoms with Crippen molar-refractivity contribution < 1.29 is 9.47 Å². The first-order chi connectivity index (χ1) is 10.5. The second-order valence-electron chi connectivity index (χ2n) is 3.98. The summed E-state index contributed by atoms with van der Waals surface area (Å²) in [7, 11) is 3.00. The smallest absolute Gasteiger partial charge is 0.235 e. The Morgan fingerprint density at radius 3 is 2.18 bits per heavy atom. The Labute approximate surface area is 142 Å². The van der Waals surface area contributed by atoms with Crippen molar-refractivity contribution in [2.24, 2.45) is 0 Å². The van der Waals surface area contributed by atoms with Gasteiger partial charge in [-0.1, -0.05) is 23.2 Å². The van der Waals surface area contributed by atoms with Crippen LogP contribution in [0.1, 0.15) is 0 Å². The van der Waals surface area contributed by atoms with E-state index >= 15 is 0 Å². The van der Waals surface area contributed by atoms with Crippen molar-refractivity contribution in [3.63, 3.8) is 0 Å². The van der Waals surface area contributed by atoms with E-state index in [4.69, 9.17) is 44.9 Å². The molecule has 0 aliphatic carbocycles. The number of nitrogens with zero attached hydrogens (tertiary/aromatic N) is 2. The second kappa shape index (κ2) is 7.44. The molecule has 2 aromatic rings. The minimum absolute atomic E-state index is 0.244. The molecule has 0 bridgehead atoms. The van der Waals surface area contributed by atoms with E-state index in [9.17, 15) is 0 Å². The zero-order chi connectivity index (χ0) is 16.1. The lowest BCUT2D eigenvalue weighted by Gasteiger charge is -2.11. The van der Waals surface area contributed by atoms with Gasteiger partial charge in [-0.15, -0.1) is 0 Å². The Bertz CT molecular complexity index is 677. The summed E-state index contributed by atoms with van der Waals surface area (Å²) in [5.74, 6) is 0.951. The van der Waals surface area contributed by atoms with Crippen LogP contribution in [0, 0.1) is 0 Å². The number of thiocarbonyl (C=S) groups is 1. The third kappa shape index (κ3) is 4.33. The van der Waals surface area contributed by atoms with E-state index in [2.05, 4.69) is 20.6 Å². The number of anilines is 2. The zero-order valence-corrected chi connectivity index (χ0v) is 14.0. The number of ether oxygens (including phenoxy) is 2. The molecule has 1 aromatic heterocycles. The second-order valence-corrected chi connectivity index (χ2v) is 5.21. The number of aromatic nitrogens is 2. The van der Waals surface area contributed by atoms with Crippen LogP contribution in [0.2, 0.25) is 10.0 Å². The predicted octanol–water partition coefficient (Wildman–Crippen LogP) is 3.61. The Balaban J connectivity index is 2.09. The van der Waals surface area contributed by atoms with Crippen LogP contribution in [0.5, 0.6) is 11.8 Å². The van der Waals surface area contributed by atoms with E-state index in [1.54, 1.807) is 24.3 Å². The van der Waals surface area contributed by atoms with Crippen molar-refractivity contribution in [3.8, 4) is 11.8 Å². The lowest BCUT2D eigenvalue weighted by molar-refractivity contribution is 0.373. The molecular formula is C13H12Cl2N4O2S. The minimum Gasteiger partial charge on any atom is -0.481 e. The largest absolute Gasteiger partial charge is 0.481 e. The van der Waals surface area contributed by atoms with Gasteiger partial charge in [-0.3, -0.25) is 0 Å². The summed E-state index contributed by atoms with van der Waals surface area (Å²) in [5.41, 5.74) is 0.682. The summed E-state index contributed by atoms with van der Waals surface area (Å²) in [6.45, 7) is 0. The molecule has 0 radical (unpaired) electrons. The van der Waals surface area contributed by atoms with Crippen molar-refractivity contribution in [2.45, 2.75) is 0 Å². The lowest BCUT2D eigenvalue weighted by atomic mass is 10.3. The molecule has 0 aliphatic heterocycles. The molecule has 6 nitrogen and oxygen atoms in total. The van der Waals surface area contributed by atoms with Crippen LogP contribution < -0.4 is 20.1 Å². The minimum atomic E-state index is 0.244. The highest BCUT2D eigenvalue weighted by Gasteiger charge is 2.08. The van der Waals surface area contributed by atoms with E-state index in [-0.39, 0.29) is 11.1 Å². The highest BCUT2D eigenvalue weighted by molar-refractivity contribution is 7.80. The van der Waals surface area contributed by atoms with Crippen LogP contribution >= 0.6 is 35.4 Å². The summed E-state index contributed by atoms with van der Waals surface area (Å²) in [4.78, 5) is 8.23. The highest BCUT2D eigenvalue weighted by atomic mass is 35.5. The van der Waals surface area contributed by atoms with Gasteiger partial charge in [0.15, 0.2) is 5.11 Å². The van der Waals surface area contributed by atoms with Crippen molar-refractivity contribution in [2.75, 3.05) is 24.9 Å². The quantitative estimate of drug-likeness (QED) is 0.809. The summed E-state index contributed by atoms with van der Waals surface area (Å²) >= 11 is 17.0. The topological polar surface area (TPSA) is 68.3 Å². The maximum Gasteiger partial charge on any atom is 0.235 e. The van der Waals surface area contributed by atoms with Gasteiger partial charge < -0.3 is 20.1 Å². The van der Waals surface area contributed by atoms with Gasteiger partial charge in [-0.25, -0.2) is 0 Å². The number of nitrogens with one attached hydrogen (secondary N) is 2. The molecule has 1 aromatic carbocycles. The fraction of sp³-hybridized carbons (Fsp3) is 0.154. The van der Waals surface area contributed by atoms with Crippen molar-refractivity contribution in [3.05, 3.63) is 34.3 Å². The number of benzene rings is 1. The van der Waals surface area contributed by atoms with Crippen LogP contribution in [0.25, 0.3) is 0 Å². The van der Waals surface area contributed by atoms with Gasteiger partial charge in [0, 0.05) is 5.69 Å². The van der Waals surface area contributed by atoms with Gasteiger partial charge in [0.05, 0.1) is 30.3 Å². The van der Waals surface area contributed by atoms with E-state index in [0.29, 0.717) is 27.5 Å². The van der Waals surface area contributed by atoms with E-state index in [1.165, 1.54) is 14.2 Å². The summed E-state index contributed by atoms with van der Waals surface area (Å²) in [6, 6.07) is 6.63. The molecule has 0 saturated carbocycles. The molecule has 1 heterocycles. The Morgan fingerprint density at radius 2 is 1.64 bits per heavy atom. The average molecular weight is 359 g/mol. The molecule has 0 aliphatic rings. The molecule has 9 heteroatoms. The number of methoxy groups -OCH3 is 2. The molecule has 22 heavy (non-hydrogen) atoms. The zero-order valence-electron chi connectivity index (χ0n) is 11.7. The molecular weight excluding hydrogens is 347 g/mol. The lowest BCUT2D eigenvalue weighted by Crippen LogP contribution is -2.20. The average Bonchev–Trinajstić information content (AvgIpc) is 2.50.